The highest BCUT2D eigenvalue weighted by molar-refractivity contribution is 5.76. The van der Waals surface area contributed by atoms with Gasteiger partial charge in [-0.1, -0.05) is 6.08 Å². The Bertz CT molecular complexity index is 479. The van der Waals surface area contributed by atoms with Gasteiger partial charge in [0.1, 0.15) is 5.75 Å². The second-order valence-electron chi connectivity index (χ2n) is 5.31. The summed E-state index contributed by atoms with van der Waals surface area (Å²) in [5, 5.41) is 3.16. The second-order valence-corrected chi connectivity index (χ2v) is 5.31. The zero-order valence-corrected chi connectivity index (χ0v) is 13.3. The number of ether oxygens (including phenoxy) is 1. The molecule has 1 fully saturated rings. The minimum Gasteiger partial charge on any atom is -0.497 e. The van der Waals surface area contributed by atoms with Crippen LogP contribution in [0.2, 0.25) is 0 Å². The molecule has 1 heterocycles. The first kappa shape index (κ1) is 16.4. The summed E-state index contributed by atoms with van der Waals surface area (Å²) < 4.78 is 5.18. The number of piperazine rings is 1. The molecule has 0 aromatic heterocycles. The molecule has 0 atom stereocenters. The van der Waals surface area contributed by atoms with Crippen molar-refractivity contribution >= 4 is 11.6 Å². The number of hydrogen-bond donors (Lipinski definition) is 1. The van der Waals surface area contributed by atoms with Crippen molar-refractivity contribution in [2.45, 2.75) is 6.42 Å². The molecule has 2 rings (SSSR count). The molecule has 120 valence electrons. The van der Waals surface area contributed by atoms with E-state index in [1.54, 1.807) is 13.2 Å². The van der Waals surface area contributed by atoms with Gasteiger partial charge >= 0.3 is 0 Å². The van der Waals surface area contributed by atoms with Gasteiger partial charge in [0.25, 0.3) is 0 Å². The number of amides is 1. The van der Waals surface area contributed by atoms with Crippen LogP contribution in [-0.2, 0) is 4.79 Å². The quantitative estimate of drug-likeness (QED) is 0.612. The Labute approximate surface area is 132 Å². The van der Waals surface area contributed by atoms with Crippen molar-refractivity contribution in [2.75, 3.05) is 51.3 Å². The largest absolute Gasteiger partial charge is 0.497 e. The van der Waals surface area contributed by atoms with Gasteiger partial charge in [0, 0.05) is 51.4 Å². The van der Waals surface area contributed by atoms with Crippen molar-refractivity contribution in [1.82, 2.24) is 10.2 Å². The standard InChI is InChI=1S/C17H25N3O2/c1-3-9-18-10-8-17(21)20-13-11-19(12-14-20)15-4-6-16(22-2)7-5-15/h3-7,18H,1,8-14H2,2H3. The minimum atomic E-state index is 0.228. The molecule has 1 amide bonds. The number of carbonyl (C=O) groups is 1. The van der Waals surface area contributed by atoms with Crippen LogP contribution < -0.4 is 15.0 Å². The van der Waals surface area contributed by atoms with E-state index in [1.165, 1.54) is 5.69 Å². The number of hydrogen-bond acceptors (Lipinski definition) is 4. The van der Waals surface area contributed by atoms with Crippen molar-refractivity contribution in [2.24, 2.45) is 0 Å². The summed E-state index contributed by atoms with van der Waals surface area (Å²) >= 11 is 0. The first-order chi connectivity index (χ1) is 10.7. The van der Waals surface area contributed by atoms with E-state index in [2.05, 4.69) is 28.9 Å². The average molecular weight is 303 g/mol. The normalized spacial score (nSPS) is 14.8. The van der Waals surface area contributed by atoms with Crippen LogP contribution in [0.15, 0.2) is 36.9 Å². The van der Waals surface area contributed by atoms with E-state index in [-0.39, 0.29) is 5.91 Å². The van der Waals surface area contributed by atoms with E-state index in [0.717, 1.165) is 38.5 Å². The molecule has 0 aliphatic carbocycles. The summed E-state index contributed by atoms with van der Waals surface area (Å²) in [6.45, 7) is 8.42. The molecule has 1 N–H and O–H groups in total. The molecule has 5 nitrogen and oxygen atoms in total. The van der Waals surface area contributed by atoms with E-state index >= 15 is 0 Å². The fourth-order valence-corrected chi connectivity index (χ4v) is 2.56. The maximum Gasteiger partial charge on any atom is 0.223 e. The van der Waals surface area contributed by atoms with Gasteiger partial charge in [-0.3, -0.25) is 4.79 Å². The zero-order chi connectivity index (χ0) is 15.8. The topological polar surface area (TPSA) is 44.8 Å². The van der Waals surface area contributed by atoms with E-state index in [4.69, 9.17) is 4.74 Å². The highest BCUT2D eigenvalue weighted by atomic mass is 16.5. The first-order valence-corrected chi connectivity index (χ1v) is 7.73. The van der Waals surface area contributed by atoms with Crippen molar-refractivity contribution in [3.05, 3.63) is 36.9 Å². The Morgan fingerprint density at radius 2 is 1.95 bits per heavy atom. The number of carbonyl (C=O) groups excluding carboxylic acids is 1. The van der Waals surface area contributed by atoms with Crippen LogP contribution in [0.1, 0.15) is 6.42 Å². The third-order valence-corrected chi connectivity index (χ3v) is 3.87. The summed E-state index contributed by atoms with van der Waals surface area (Å²) in [7, 11) is 1.67. The molecule has 0 saturated carbocycles. The predicted octanol–water partition coefficient (Wildman–Crippen LogP) is 1.51. The molecule has 1 aliphatic heterocycles. The monoisotopic (exact) mass is 303 g/mol. The Morgan fingerprint density at radius 1 is 1.27 bits per heavy atom. The van der Waals surface area contributed by atoms with Crippen molar-refractivity contribution < 1.29 is 9.53 Å². The van der Waals surface area contributed by atoms with Crippen LogP contribution in [0.3, 0.4) is 0 Å². The highest BCUT2D eigenvalue weighted by Crippen LogP contribution is 2.20. The van der Waals surface area contributed by atoms with E-state index in [9.17, 15) is 4.79 Å². The summed E-state index contributed by atoms with van der Waals surface area (Å²) in [6.07, 6.45) is 2.36. The number of benzene rings is 1. The predicted molar refractivity (Wildman–Crippen MR) is 89.5 cm³/mol. The molecular weight excluding hydrogens is 278 g/mol. The summed E-state index contributed by atoms with van der Waals surface area (Å²) in [6, 6.07) is 8.07. The van der Waals surface area contributed by atoms with Crippen LogP contribution in [0.4, 0.5) is 5.69 Å². The summed E-state index contributed by atoms with van der Waals surface area (Å²) in [4.78, 5) is 16.4. The Hall–Kier alpha value is -2.01. The summed E-state index contributed by atoms with van der Waals surface area (Å²) in [5.41, 5.74) is 1.18. The van der Waals surface area contributed by atoms with Gasteiger partial charge in [-0.2, -0.15) is 0 Å². The van der Waals surface area contributed by atoms with E-state index in [1.807, 2.05) is 17.0 Å². The molecule has 22 heavy (non-hydrogen) atoms. The maximum atomic E-state index is 12.1. The van der Waals surface area contributed by atoms with Crippen LogP contribution in [0, 0.1) is 0 Å². The average Bonchev–Trinajstić information content (AvgIpc) is 2.59. The van der Waals surface area contributed by atoms with Gasteiger partial charge in [0.2, 0.25) is 5.91 Å². The van der Waals surface area contributed by atoms with Crippen LogP contribution >= 0.6 is 0 Å². The molecule has 1 aromatic carbocycles. The number of nitrogens with zero attached hydrogens (tertiary/aromatic N) is 2. The fraction of sp³-hybridized carbons (Fsp3) is 0.471. The first-order valence-electron chi connectivity index (χ1n) is 7.73. The lowest BCUT2D eigenvalue weighted by molar-refractivity contribution is -0.131. The lowest BCUT2D eigenvalue weighted by Crippen LogP contribution is -2.49. The lowest BCUT2D eigenvalue weighted by Gasteiger charge is -2.36. The minimum absolute atomic E-state index is 0.228. The molecular formula is C17H25N3O2. The van der Waals surface area contributed by atoms with Gasteiger partial charge in [-0.25, -0.2) is 0 Å². The highest BCUT2D eigenvalue weighted by Gasteiger charge is 2.20. The van der Waals surface area contributed by atoms with Gasteiger partial charge in [0.15, 0.2) is 0 Å². The number of rotatable bonds is 7. The zero-order valence-electron chi connectivity index (χ0n) is 13.3. The Morgan fingerprint density at radius 3 is 2.55 bits per heavy atom. The van der Waals surface area contributed by atoms with E-state index in [0.29, 0.717) is 13.0 Å². The fourth-order valence-electron chi connectivity index (χ4n) is 2.56. The van der Waals surface area contributed by atoms with Crippen molar-refractivity contribution in [3.63, 3.8) is 0 Å². The molecule has 1 aliphatic rings. The van der Waals surface area contributed by atoms with E-state index < -0.39 is 0 Å². The number of methoxy groups -OCH3 is 1. The Kier molecular flexibility index (Phi) is 6.27. The Balaban J connectivity index is 1.77. The SMILES string of the molecule is C=CCNCCC(=O)N1CCN(c2ccc(OC)cc2)CC1. The molecule has 0 unspecified atom stereocenters. The van der Waals surface area contributed by atoms with Crippen LogP contribution in [0.5, 0.6) is 5.75 Å². The third-order valence-electron chi connectivity index (χ3n) is 3.87. The van der Waals surface area contributed by atoms with Gasteiger partial charge in [0.05, 0.1) is 7.11 Å². The molecule has 1 saturated heterocycles. The molecule has 0 radical (unpaired) electrons. The smallest absolute Gasteiger partial charge is 0.223 e. The molecule has 1 aromatic rings. The number of nitrogens with one attached hydrogen (secondary N) is 1. The second kappa shape index (κ2) is 8.44. The lowest BCUT2D eigenvalue weighted by atomic mass is 10.2. The van der Waals surface area contributed by atoms with Gasteiger partial charge in [-0.15, -0.1) is 6.58 Å². The number of anilines is 1. The van der Waals surface area contributed by atoms with Crippen molar-refractivity contribution in [1.29, 1.82) is 0 Å². The van der Waals surface area contributed by atoms with Crippen LogP contribution in [-0.4, -0.2) is 57.2 Å². The van der Waals surface area contributed by atoms with Crippen LogP contribution in [0.25, 0.3) is 0 Å². The van der Waals surface area contributed by atoms with Gasteiger partial charge in [-0.05, 0) is 24.3 Å². The van der Waals surface area contributed by atoms with Gasteiger partial charge < -0.3 is 19.9 Å². The third kappa shape index (κ3) is 4.49. The summed E-state index contributed by atoms with van der Waals surface area (Å²) in [5.74, 6) is 1.09. The molecule has 0 bridgehead atoms. The molecule has 0 spiro atoms. The molecule has 5 heteroatoms. The maximum absolute atomic E-state index is 12.1. The van der Waals surface area contributed by atoms with Crippen molar-refractivity contribution in [3.8, 4) is 5.75 Å².